The van der Waals surface area contributed by atoms with E-state index in [-0.39, 0.29) is 6.04 Å². The zero-order valence-corrected chi connectivity index (χ0v) is 13.2. The Bertz CT molecular complexity index is 410. The first-order valence-electron chi connectivity index (χ1n) is 7.88. The second-order valence-corrected chi connectivity index (χ2v) is 6.85. The van der Waals surface area contributed by atoms with Crippen LogP contribution in [0.25, 0.3) is 0 Å². The van der Waals surface area contributed by atoms with Crippen molar-refractivity contribution in [3.05, 3.63) is 35.4 Å². The summed E-state index contributed by atoms with van der Waals surface area (Å²) in [5.41, 5.74) is 9.55. The second kappa shape index (κ2) is 6.73. The molecule has 0 spiro atoms. The molecule has 2 atom stereocenters. The van der Waals surface area contributed by atoms with Crippen molar-refractivity contribution in [1.29, 1.82) is 0 Å². The smallest absolute Gasteiger partial charge is 0.0502 e. The highest BCUT2D eigenvalue weighted by Gasteiger charge is 2.36. The van der Waals surface area contributed by atoms with Gasteiger partial charge in [0.25, 0.3) is 0 Å². The van der Waals surface area contributed by atoms with E-state index in [9.17, 15) is 0 Å². The Morgan fingerprint density at radius 3 is 2.55 bits per heavy atom. The molecule has 0 bridgehead atoms. The average molecular weight is 275 g/mol. The summed E-state index contributed by atoms with van der Waals surface area (Å²) >= 11 is 0. The third-order valence-electron chi connectivity index (χ3n) is 4.98. The lowest BCUT2D eigenvalue weighted by atomic mass is 9.65. The van der Waals surface area contributed by atoms with Gasteiger partial charge in [0.15, 0.2) is 0 Å². The van der Waals surface area contributed by atoms with E-state index in [0.717, 1.165) is 13.0 Å². The minimum atomic E-state index is 0.168. The number of methoxy groups -OCH3 is 1. The van der Waals surface area contributed by atoms with Crippen LogP contribution in [0.1, 0.15) is 56.7 Å². The third-order valence-corrected chi connectivity index (χ3v) is 4.98. The van der Waals surface area contributed by atoms with Gasteiger partial charge in [0.2, 0.25) is 0 Å². The van der Waals surface area contributed by atoms with Crippen LogP contribution in [0.3, 0.4) is 0 Å². The molecule has 20 heavy (non-hydrogen) atoms. The molecule has 0 aliphatic heterocycles. The minimum Gasteiger partial charge on any atom is -0.384 e. The quantitative estimate of drug-likeness (QED) is 0.878. The highest BCUT2D eigenvalue weighted by Crippen LogP contribution is 2.45. The number of nitrogens with two attached hydrogens (primary N) is 1. The van der Waals surface area contributed by atoms with Crippen molar-refractivity contribution in [2.45, 2.75) is 52.0 Å². The van der Waals surface area contributed by atoms with E-state index in [0.29, 0.717) is 11.3 Å². The lowest BCUT2D eigenvalue weighted by Gasteiger charge is -2.42. The number of ether oxygens (including phenoxy) is 1. The van der Waals surface area contributed by atoms with E-state index >= 15 is 0 Å². The topological polar surface area (TPSA) is 35.2 Å². The molecule has 1 aromatic rings. The number of rotatable bonds is 5. The molecule has 2 unspecified atom stereocenters. The van der Waals surface area contributed by atoms with Gasteiger partial charge in [-0.15, -0.1) is 0 Å². The highest BCUT2D eigenvalue weighted by molar-refractivity contribution is 5.26. The Balaban J connectivity index is 2.06. The van der Waals surface area contributed by atoms with Crippen LogP contribution < -0.4 is 5.73 Å². The van der Waals surface area contributed by atoms with E-state index in [4.69, 9.17) is 10.5 Å². The standard InChI is InChI=1S/C18H29NO/c1-18(2)12-5-4-6-16(18)17(19)15-9-7-14(8-10-15)11-13-20-3/h7-10,16-17H,4-6,11-13,19H2,1-3H3. The fourth-order valence-electron chi connectivity index (χ4n) is 3.55. The molecule has 0 aromatic heterocycles. The van der Waals surface area contributed by atoms with Gasteiger partial charge in [-0.05, 0) is 41.7 Å². The molecule has 1 fully saturated rings. The molecule has 0 amide bonds. The monoisotopic (exact) mass is 275 g/mol. The predicted molar refractivity (Wildman–Crippen MR) is 84.7 cm³/mol. The number of hydrogen-bond donors (Lipinski definition) is 1. The van der Waals surface area contributed by atoms with Gasteiger partial charge >= 0.3 is 0 Å². The minimum absolute atomic E-state index is 0.168. The van der Waals surface area contributed by atoms with Gasteiger partial charge in [0.1, 0.15) is 0 Å². The van der Waals surface area contributed by atoms with Crippen LogP contribution in [0, 0.1) is 11.3 Å². The molecular weight excluding hydrogens is 246 g/mol. The average Bonchev–Trinajstić information content (AvgIpc) is 2.44. The predicted octanol–water partition coefficient (Wildman–Crippen LogP) is 4.09. The number of benzene rings is 1. The van der Waals surface area contributed by atoms with Crippen molar-refractivity contribution < 1.29 is 4.74 Å². The molecule has 1 aliphatic carbocycles. The SMILES string of the molecule is COCCc1ccc(C(N)C2CCCCC2(C)C)cc1. The lowest BCUT2D eigenvalue weighted by Crippen LogP contribution is -2.36. The maximum absolute atomic E-state index is 6.57. The summed E-state index contributed by atoms with van der Waals surface area (Å²) in [4.78, 5) is 0. The van der Waals surface area contributed by atoms with Crippen molar-refractivity contribution >= 4 is 0 Å². The van der Waals surface area contributed by atoms with E-state index in [1.165, 1.54) is 36.8 Å². The summed E-state index contributed by atoms with van der Waals surface area (Å²) < 4.78 is 5.12. The summed E-state index contributed by atoms with van der Waals surface area (Å²) in [7, 11) is 1.75. The molecule has 2 nitrogen and oxygen atoms in total. The molecule has 112 valence electrons. The molecule has 2 N–H and O–H groups in total. The molecule has 0 heterocycles. The van der Waals surface area contributed by atoms with E-state index in [2.05, 4.69) is 38.1 Å². The Morgan fingerprint density at radius 1 is 1.25 bits per heavy atom. The van der Waals surface area contributed by atoms with Crippen molar-refractivity contribution in [2.24, 2.45) is 17.1 Å². The summed E-state index contributed by atoms with van der Waals surface area (Å²) in [5, 5.41) is 0. The number of hydrogen-bond acceptors (Lipinski definition) is 2. The molecular formula is C18H29NO. The second-order valence-electron chi connectivity index (χ2n) is 6.85. The van der Waals surface area contributed by atoms with Gasteiger partial charge in [-0.2, -0.15) is 0 Å². The molecule has 2 rings (SSSR count). The molecule has 0 radical (unpaired) electrons. The largest absolute Gasteiger partial charge is 0.384 e. The first-order valence-corrected chi connectivity index (χ1v) is 7.88. The van der Waals surface area contributed by atoms with Crippen LogP contribution in [-0.2, 0) is 11.2 Å². The fourth-order valence-corrected chi connectivity index (χ4v) is 3.55. The Labute approximate surface area is 123 Å². The Kier molecular flexibility index (Phi) is 5.22. The van der Waals surface area contributed by atoms with Gasteiger partial charge in [-0.25, -0.2) is 0 Å². The molecule has 1 saturated carbocycles. The van der Waals surface area contributed by atoms with Gasteiger partial charge < -0.3 is 10.5 Å². The normalized spacial score (nSPS) is 23.5. The maximum Gasteiger partial charge on any atom is 0.0502 e. The zero-order valence-electron chi connectivity index (χ0n) is 13.2. The maximum atomic E-state index is 6.57. The van der Waals surface area contributed by atoms with Gasteiger partial charge in [-0.1, -0.05) is 51.0 Å². The van der Waals surface area contributed by atoms with E-state index < -0.39 is 0 Å². The van der Waals surface area contributed by atoms with Gasteiger partial charge in [-0.3, -0.25) is 0 Å². The molecule has 0 saturated heterocycles. The van der Waals surface area contributed by atoms with Gasteiger partial charge in [0, 0.05) is 13.2 Å². The summed E-state index contributed by atoms with van der Waals surface area (Å²) in [6, 6.07) is 8.98. The summed E-state index contributed by atoms with van der Waals surface area (Å²) in [6.07, 6.45) is 6.22. The van der Waals surface area contributed by atoms with Crippen LogP contribution in [0.5, 0.6) is 0 Å². The Morgan fingerprint density at radius 2 is 1.95 bits per heavy atom. The van der Waals surface area contributed by atoms with E-state index in [1.54, 1.807) is 7.11 Å². The molecule has 2 heteroatoms. The molecule has 1 aliphatic rings. The van der Waals surface area contributed by atoms with Crippen LogP contribution >= 0.6 is 0 Å². The van der Waals surface area contributed by atoms with E-state index in [1.807, 2.05) is 0 Å². The van der Waals surface area contributed by atoms with Crippen molar-refractivity contribution in [2.75, 3.05) is 13.7 Å². The first kappa shape index (κ1) is 15.5. The van der Waals surface area contributed by atoms with Crippen LogP contribution in [0.2, 0.25) is 0 Å². The van der Waals surface area contributed by atoms with Crippen LogP contribution in [0.15, 0.2) is 24.3 Å². The Hall–Kier alpha value is -0.860. The summed E-state index contributed by atoms with van der Waals surface area (Å²) in [6.45, 7) is 5.54. The third kappa shape index (κ3) is 3.62. The fraction of sp³-hybridized carbons (Fsp3) is 0.667. The lowest BCUT2D eigenvalue weighted by molar-refractivity contribution is 0.112. The summed E-state index contributed by atoms with van der Waals surface area (Å²) in [5.74, 6) is 0.598. The zero-order chi connectivity index (χ0) is 14.6. The molecule has 1 aromatic carbocycles. The van der Waals surface area contributed by atoms with Crippen molar-refractivity contribution in [3.63, 3.8) is 0 Å². The highest BCUT2D eigenvalue weighted by atomic mass is 16.5. The van der Waals surface area contributed by atoms with Crippen molar-refractivity contribution in [1.82, 2.24) is 0 Å². The first-order chi connectivity index (χ1) is 9.54. The van der Waals surface area contributed by atoms with Crippen LogP contribution in [0.4, 0.5) is 0 Å². The van der Waals surface area contributed by atoms with Crippen LogP contribution in [-0.4, -0.2) is 13.7 Å². The van der Waals surface area contributed by atoms with Gasteiger partial charge in [0.05, 0.1) is 6.61 Å². The van der Waals surface area contributed by atoms with Crippen molar-refractivity contribution in [3.8, 4) is 0 Å².